The van der Waals surface area contributed by atoms with Crippen molar-refractivity contribution in [1.82, 2.24) is 5.32 Å². The van der Waals surface area contributed by atoms with Gasteiger partial charge in [0.25, 0.3) is 5.91 Å². The lowest BCUT2D eigenvalue weighted by molar-refractivity contribution is 0.0925. The lowest BCUT2D eigenvalue weighted by atomic mass is 10.1. The number of benzene rings is 1. The van der Waals surface area contributed by atoms with Crippen molar-refractivity contribution in [2.45, 2.75) is 17.1 Å². The number of primary sulfonamides is 1. The highest BCUT2D eigenvalue weighted by Gasteiger charge is 2.11. The summed E-state index contributed by atoms with van der Waals surface area (Å²) in [5.74, 6) is 1.52. The van der Waals surface area contributed by atoms with Gasteiger partial charge in [-0.15, -0.1) is 0 Å². The van der Waals surface area contributed by atoms with E-state index in [2.05, 4.69) is 5.32 Å². The fourth-order valence-corrected chi connectivity index (χ4v) is 2.93. The SMILES string of the molecule is CSCc1ccc(C(=O)NCCc2ccc(S(N)(=O)=O)cc2)o1. The van der Waals surface area contributed by atoms with Gasteiger partial charge in [-0.3, -0.25) is 4.79 Å². The third kappa shape index (κ3) is 5.12. The quantitative estimate of drug-likeness (QED) is 0.789. The largest absolute Gasteiger partial charge is 0.455 e. The predicted octanol–water partition coefficient (Wildman–Crippen LogP) is 1.76. The Labute approximate surface area is 139 Å². The Kier molecular flexibility index (Phi) is 5.86. The molecule has 0 aliphatic heterocycles. The first-order chi connectivity index (χ1) is 10.9. The van der Waals surface area contributed by atoms with E-state index in [1.807, 2.05) is 6.26 Å². The van der Waals surface area contributed by atoms with E-state index in [0.29, 0.717) is 18.7 Å². The van der Waals surface area contributed by atoms with Crippen molar-refractivity contribution >= 4 is 27.7 Å². The summed E-state index contributed by atoms with van der Waals surface area (Å²) in [6, 6.07) is 9.70. The molecule has 0 unspecified atom stereocenters. The second-order valence-corrected chi connectivity index (χ2v) is 7.32. The number of carbonyl (C=O) groups excluding carboxylic acids is 1. The zero-order valence-electron chi connectivity index (χ0n) is 12.6. The summed E-state index contributed by atoms with van der Waals surface area (Å²) in [4.78, 5) is 12.0. The van der Waals surface area contributed by atoms with Crippen LogP contribution in [0.2, 0.25) is 0 Å². The van der Waals surface area contributed by atoms with Crippen LogP contribution in [0.25, 0.3) is 0 Å². The van der Waals surface area contributed by atoms with Crippen LogP contribution in [0.4, 0.5) is 0 Å². The molecule has 0 saturated carbocycles. The van der Waals surface area contributed by atoms with Gasteiger partial charge in [-0.1, -0.05) is 12.1 Å². The predicted molar refractivity (Wildman–Crippen MR) is 89.8 cm³/mol. The van der Waals surface area contributed by atoms with Gasteiger partial charge < -0.3 is 9.73 Å². The minimum absolute atomic E-state index is 0.0715. The molecule has 1 amide bonds. The van der Waals surface area contributed by atoms with Crippen molar-refractivity contribution in [2.24, 2.45) is 5.14 Å². The number of furan rings is 1. The Morgan fingerprint density at radius 3 is 2.52 bits per heavy atom. The molecule has 23 heavy (non-hydrogen) atoms. The summed E-state index contributed by atoms with van der Waals surface area (Å²) in [7, 11) is -3.68. The summed E-state index contributed by atoms with van der Waals surface area (Å²) in [6.45, 7) is 0.423. The molecule has 0 fully saturated rings. The highest BCUT2D eigenvalue weighted by molar-refractivity contribution is 7.97. The maximum absolute atomic E-state index is 11.9. The summed E-state index contributed by atoms with van der Waals surface area (Å²) < 4.78 is 27.8. The van der Waals surface area contributed by atoms with E-state index in [0.717, 1.165) is 17.1 Å². The molecule has 3 N–H and O–H groups in total. The van der Waals surface area contributed by atoms with Crippen LogP contribution >= 0.6 is 11.8 Å². The minimum atomic E-state index is -3.68. The van der Waals surface area contributed by atoms with Crippen LogP contribution in [-0.2, 0) is 22.2 Å². The van der Waals surface area contributed by atoms with Crippen LogP contribution in [0, 0.1) is 0 Å². The molecular formula is C15H18N2O4S2. The van der Waals surface area contributed by atoms with Gasteiger partial charge in [0.05, 0.1) is 10.6 Å². The van der Waals surface area contributed by atoms with Crippen molar-refractivity contribution in [3.05, 3.63) is 53.5 Å². The molecule has 0 aliphatic rings. The van der Waals surface area contributed by atoms with E-state index >= 15 is 0 Å². The Bertz CT molecular complexity index is 767. The molecule has 0 atom stereocenters. The Morgan fingerprint density at radius 1 is 1.22 bits per heavy atom. The molecule has 6 nitrogen and oxygen atoms in total. The van der Waals surface area contributed by atoms with Crippen LogP contribution in [-0.4, -0.2) is 27.1 Å². The van der Waals surface area contributed by atoms with Crippen LogP contribution in [0.1, 0.15) is 21.9 Å². The van der Waals surface area contributed by atoms with Gasteiger partial charge >= 0.3 is 0 Å². The monoisotopic (exact) mass is 354 g/mol. The second-order valence-electron chi connectivity index (χ2n) is 4.89. The topological polar surface area (TPSA) is 102 Å². The fourth-order valence-electron chi connectivity index (χ4n) is 1.97. The van der Waals surface area contributed by atoms with Crippen LogP contribution < -0.4 is 10.5 Å². The van der Waals surface area contributed by atoms with Crippen molar-refractivity contribution in [2.75, 3.05) is 12.8 Å². The number of nitrogens with one attached hydrogen (secondary N) is 1. The van der Waals surface area contributed by atoms with E-state index in [1.54, 1.807) is 36.0 Å². The molecule has 2 rings (SSSR count). The molecule has 0 bridgehead atoms. The molecule has 2 aromatic rings. The van der Waals surface area contributed by atoms with Gasteiger partial charge in [0.2, 0.25) is 10.0 Å². The normalized spacial score (nSPS) is 11.4. The zero-order chi connectivity index (χ0) is 16.9. The molecule has 1 aromatic heterocycles. The van der Waals surface area contributed by atoms with Crippen LogP contribution in [0.15, 0.2) is 45.7 Å². The first-order valence-electron chi connectivity index (χ1n) is 6.88. The number of amides is 1. The molecular weight excluding hydrogens is 336 g/mol. The highest BCUT2D eigenvalue weighted by Crippen LogP contribution is 2.13. The molecule has 0 aliphatic carbocycles. The van der Waals surface area contributed by atoms with E-state index in [-0.39, 0.29) is 10.8 Å². The fraction of sp³-hybridized carbons (Fsp3) is 0.267. The average molecular weight is 354 g/mol. The van der Waals surface area contributed by atoms with Gasteiger partial charge in [0.15, 0.2) is 5.76 Å². The molecule has 1 heterocycles. The molecule has 0 radical (unpaired) electrons. The van der Waals surface area contributed by atoms with Crippen molar-refractivity contribution < 1.29 is 17.6 Å². The van der Waals surface area contributed by atoms with E-state index in [9.17, 15) is 13.2 Å². The Balaban J connectivity index is 1.85. The smallest absolute Gasteiger partial charge is 0.287 e. The highest BCUT2D eigenvalue weighted by atomic mass is 32.2. The maximum Gasteiger partial charge on any atom is 0.287 e. The standard InChI is InChI=1S/C15H18N2O4S2/c1-22-10-12-4-7-14(21-12)15(18)17-9-8-11-2-5-13(6-3-11)23(16,19)20/h2-7H,8-10H2,1H3,(H,17,18)(H2,16,19,20). The van der Waals surface area contributed by atoms with E-state index < -0.39 is 10.0 Å². The summed E-state index contributed by atoms with van der Waals surface area (Å²) in [6.07, 6.45) is 2.54. The Morgan fingerprint density at radius 2 is 1.91 bits per heavy atom. The lowest BCUT2D eigenvalue weighted by Gasteiger charge is -2.05. The number of nitrogens with two attached hydrogens (primary N) is 1. The number of sulfonamides is 1. The van der Waals surface area contributed by atoms with Gasteiger partial charge in [0, 0.05) is 6.54 Å². The number of hydrogen-bond donors (Lipinski definition) is 2. The third-order valence-electron chi connectivity index (χ3n) is 3.12. The van der Waals surface area contributed by atoms with Gasteiger partial charge in [0.1, 0.15) is 5.76 Å². The van der Waals surface area contributed by atoms with Crippen LogP contribution in [0.5, 0.6) is 0 Å². The number of carbonyl (C=O) groups is 1. The summed E-state index contributed by atoms with van der Waals surface area (Å²) in [5.41, 5.74) is 0.903. The first kappa shape index (κ1) is 17.6. The summed E-state index contributed by atoms with van der Waals surface area (Å²) >= 11 is 1.62. The minimum Gasteiger partial charge on any atom is -0.455 e. The molecule has 1 aromatic carbocycles. The van der Waals surface area contributed by atoms with Crippen molar-refractivity contribution in [1.29, 1.82) is 0 Å². The Hall–Kier alpha value is -1.77. The third-order valence-corrected chi connectivity index (χ3v) is 4.63. The van der Waals surface area contributed by atoms with E-state index in [4.69, 9.17) is 9.56 Å². The van der Waals surface area contributed by atoms with Crippen LogP contribution in [0.3, 0.4) is 0 Å². The van der Waals surface area contributed by atoms with E-state index in [1.165, 1.54) is 12.1 Å². The van der Waals surface area contributed by atoms with Crippen molar-refractivity contribution in [3.8, 4) is 0 Å². The number of thioether (sulfide) groups is 1. The second kappa shape index (κ2) is 7.67. The van der Waals surface area contributed by atoms with Gasteiger partial charge in [-0.2, -0.15) is 11.8 Å². The average Bonchev–Trinajstić information content (AvgIpc) is 2.96. The first-order valence-corrected chi connectivity index (χ1v) is 9.82. The van der Waals surface area contributed by atoms with Gasteiger partial charge in [-0.25, -0.2) is 13.6 Å². The molecule has 0 spiro atoms. The molecule has 124 valence electrons. The van der Waals surface area contributed by atoms with Crippen molar-refractivity contribution in [3.63, 3.8) is 0 Å². The number of rotatable bonds is 7. The lowest BCUT2D eigenvalue weighted by Crippen LogP contribution is -2.25. The maximum atomic E-state index is 11.9. The molecule has 8 heteroatoms. The zero-order valence-corrected chi connectivity index (χ0v) is 14.2. The number of hydrogen-bond acceptors (Lipinski definition) is 5. The summed E-state index contributed by atoms with van der Waals surface area (Å²) in [5, 5.41) is 7.80. The van der Waals surface area contributed by atoms with Gasteiger partial charge in [-0.05, 0) is 42.5 Å². The molecule has 0 saturated heterocycles.